The number of aliphatic hydroxyl groups is 2. The SMILES string of the molecule is C1CC2(CC3OC13)OCC1(CO2)COC2(CCC3OC3C2)OC1.C1CC2OC2CC1COCC1CCC2OC2C1.C1CC2OC2CC1COCC1CCC2OC2C1.OCCO. The molecule has 6 saturated carbocycles. The van der Waals surface area contributed by atoms with Gasteiger partial charge in [-0.05, 0) is 114 Å². The smallest absolute Gasteiger partial charge is 0.171 e. The molecule has 0 aromatic rings. The van der Waals surface area contributed by atoms with Crippen molar-refractivity contribution >= 4 is 0 Å². The Morgan fingerprint density at radius 3 is 0.934 bits per heavy atom. The molecule has 16 atom stereocenters. The third kappa shape index (κ3) is 10.9. The van der Waals surface area contributed by atoms with Crippen molar-refractivity contribution in [3.05, 3.63) is 0 Å². The monoisotopic (exact) mass is 863 g/mol. The first-order valence-electron chi connectivity index (χ1n) is 24.7. The maximum atomic E-state index is 7.62. The molecule has 8 heterocycles. The minimum Gasteiger partial charge on any atom is -0.394 e. The van der Waals surface area contributed by atoms with Crippen LogP contribution in [0.1, 0.15) is 116 Å². The number of aliphatic hydroxyl groups excluding tert-OH is 2. The van der Waals surface area contributed by atoms with Crippen LogP contribution >= 0.6 is 0 Å². The first-order chi connectivity index (χ1) is 29.9. The number of hydrogen-bond acceptors (Lipinski definition) is 14. The van der Waals surface area contributed by atoms with Gasteiger partial charge in [0.15, 0.2) is 11.6 Å². The zero-order valence-electron chi connectivity index (χ0n) is 36.3. The van der Waals surface area contributed by atoms with Crippen LogP contribution in [0.15, 0.2) is 0 Å². The molecule has 8 aliphatic heterocycles. The molecule has 14 nitrogen and oxygen atoms in total. The van der Waals surface area contributed by atoms with Gasteiger partial charge in [0.05, 0.1) is 118 Å². The maximum Gasteiger partial charge on any atom is 0.171 e. The fourth-order valence-electron chi connectivity index (χ4n) is 12.1. The zero-order valence-corrected chi connectivity index (χ0v) is 36.3. The van der Waals surface area contributed by atoms with E-state index in [1.54, 1.807) is 0 Å². The number of rotatable bonds is 9. The number of epoxide rings is 6. The van der Waals surface area contributed by atoms with E-state index in [0.717, 1.165) is 88.6 Å². The van der Waals surface area contributed by atoms with Gasteiger partial charge in [-0.2, -0.15) is 0 Å². The highest BCUT2D eigenvalue weighted by molar-refractivity contribution is 5.02. The number of hydrogen-bond donors (Lipinski definition) is 2. The number of ether oxygens (including phenoxy) is 12. The summed E-state index contributed by atoms with van der Waals surface area (Å²) in [5.41, 5.74) is -0.154. The topological polar surface area (TPSA) is 171 Å². The van der Waals surface area contributed by atoms with Crippen molar-refractivity contribution in [1.82, 2.24) is 0 Å². The molecule has 6 aliphatic carbocycles. The van der Waals surface area contributed by atoms with E-state index >= 15 is 0 Å². The predicted molar refractivity (Wildman–Crippen MR) is 217 cm³/mol. The molecule has 3 spiro atoms. The molecule has 14 fully saturated rings. The van der Waals surface area contributed by atoms with Crippen LogP contribution in [0.4, 0.5) is 0 Å². The van der Waals surface area contributed by atoms with E-state index < -0.39 is 11.6 Å². The van der Waals surface area contributed by atoms with Gasteiger partial charge in [0.2, 0.25) is 0 Å². The first kappa shape index (κ1) is 43.0. The Hall–Kier alpha value is -0.560. The van der Waals surface area contributed by atoms with Crippen molar-refractivity contribution < 1.29 is 67.1 Å². The van der Waals surface area contributed by atoms with Gasteiger partial charge in [0, 0.05) is 52.1 Å². The Morgan fingerprint density at radius 2 is 0.656 bits per heavy atom. The van der Waals surface area contributed by atoms with Gasteiger partial charge < -0.3 is 67.1 Å². The van der Waals surface area contributed by atoms with E-state index in [9.17, 15) is 0 Å². The second kappa shape index (κ2) is 18.3. The quantitative estimate of drug-likeness (QED) is 0.308. The largest absolute Gasteiger partial charge is 0.394 e. The average Bonchev–Trinajstić information content (AvgIpc) is 4.06. The highest BCUT2D eigenvalue weighted by Gasteiger charge is 2.59. The van der Waals surface area contributed by atoms with Crippen molar-refractivity contribution in [3.8, 4) is 0 Å². The van der Waals surface area contributed by atoms with Crippen molar-refractivity contribution in [2.45, 2.75) is 200 Å². The summed E-state index contributed by atoms with van der Waals surface area (Å²) < 4.78 is 70.2. The van der Waals surface area contributed by atoms with Gasteiger partial charge in [0.1, 0.15) is 0 Å². The lowest BCUT2D eigenvalue weighted by Crippen LogP contribution is -2.60. The summed E-state index contributed by atoms with van der Waals surface area (Å²) in [5, 5.41) is 15.2. The molecule has 346 valence electrons. The fraction of sp³-hybridized carbons (Fsp3) is 1.00. The normalized spacial score (nSPS) is 52.0. The van der Waals surface area contributed by atoms with Gasteiger partial charge in [-0.15, -0.1) is 0 Å². The molecule has 8 saturated heterocycles. The molecule has 0 aromatic carbocycles. The van der Waals surface area contributed by atoms with E-state index in [2.05, 4.69) is 0 Å². The molecular weight excluding hydrogens is 789 g/mol. The Labute approximate surface area is 361 Å². The van der Waals surface area contributed by atoms with Crippen LogP contribution in [0.25, 0.3) is 0 Å². The summed E-state index contributed by atoms with van der Waals surface area (Å²) in [6, 6.07) is 0. The van der Waals surface area contributed by atoms with Crippen LogP contribution in [0.2, 0.25) is 0 Å². The molecule has 2 N–H and O–H groups in total. The van der Waals surface area contributed by atoms with Crippen LogP contribution in [0.3, 0.4) is 0 Å². The van der Waals surface area contributed by atoms with Gasteiger partial charge in [-0.1, -0.05) is 0 Å². The summed E-state index contributed by atoms with van der Waals surface area (Å²) in [6.07, 6.45) is 27.4. The molecule has 14 heteroatoms. The molecular formula is C47H74O14. The molecule has 0 amide bonds. The lowest BCUT2D eigenvalue weighted by molar-refractivity contribution is -0.374. The standard InChI is InChI=1S/C17H24O6.2C14H22O3.C2H6O2/c1-3-16(5-13-11(1)22-13)18-7-15(8-19-16)9-20-17(21-10-15)4-2-12-14(6-17)23-12;2*1-3-11-13(16-11)5-9(1)7-15-8-10-2-4-12-14(6-10)17-12;3-1-2-4/h11-14H,1-10H2;2*9-14H,1-8H2;3-4H,1-2H2. The third-order valence-corrected chi connectivity index (χ3v) is 16.5. The van der Waals surface area contributed by atoms with Gasteiger partial charge >= 0.3 is 0 Å². The zero-order chi connectivity index (χ0) is 41.0. The molecule has 14 rings (SSSR count). The minimum atomic E-state index is -0.419. The Balaban J connectivity index is 0.000000100. The molecule has 16 unspecified atom stereocenters. The lowest BCUT2D eigenvalue weighted by atomic mass is 9.85. The molecule has 61 heavy (non-hydrogen) atoms. The van der Waals surface area contributed by atoms with Crippen molar-refractivity contribution in [2.24, 2.45) is 29.1 Å². The van der Waals surface area contributed by atoms with Crippen molar-refractivity contribution in [1.29, 1.82) is 0 Å². The highest BCUT2D eigenvalue weighted by Crippen LogP contribution is 2.51. The van der Waals surface area contributed by atoms with Crippen molar-refractivity contribution in [2.75, 3.05) is 66.1 Å². The summed E-state index contributed by atoms with van der Waals surface area (Å²) in [4.78, 5) is 0. The van der Waals surface area contributed by atoms with Crippen molar-refractivity contribution in [3.63, 3.8) is 0 Å². The van der Waals surface area contributed by atoms with E-state index in [4.69, 9.17) is 67.1 Å². The maximum absolute atomic E-state index is 7.62. The van der Waals surface area contributed by atoms with Crippen LogP contribution in [0, 0.1) is 29.1 Å². The Bertz CT molecular complexity index is 1290. The minimum absolute atomic E-state index is 0.125. The molecule has 0 radical (unpaired) electrons. The van der Waals surface area contributed by atoms with E-state index in [-0.39, 0.29) is 18.6 Å². The lowest BCUT2D eigenvalue weighted by Gasteiger charge is -2.52. The summed E-state index contributed by atoms with van der Waals surface area (Å²) in [7, 11) is 0. The average molecular weight is 863 g/mol. The first-order valence-corrected chi connectivity index (χ1v) is 24.7. The van der Waals surface area contributed by atoms with Crippen LogP contribution in [0.5, 0.6) is 0 Å². The summed E-state index contributed by atoms with van der Waals surface area (Å²) in [5.74, 6) is 2.19. The van der Waals surface area contributed by atoms with E-state index in [1.165, 1.54) is 77.0 Å². The highest BCUT2D eigenvalue weighted by atomic mass is 16.7. The fourth-order valence-corrected chi connectivity index (χ4v) is 12.1. The third-order valence-electron chi connectivity index (χ3n) is 16.5. The molecule has 0 aromatic heterocycles. The Morgan fingerprint density at radius 1 is 0.361 bits per heavy atom. The second-order valence-corrected chi connectivity index (χ2v) is 21.5. The molecule has 0 bridgehead atoms. The number of fused-ring (bicyclic) bond motifs is 6. The van der Waals surface area contributed by atoms with Gasteiger partial charge in [0.25, 0.3) is 0 Å². The van der Waals surface area contributed by atoms with Gasteiger partial charge in [-0.3, -0.25) is 0 Å². The summed E-state index contributed by atoms with van der Waals surface area (Å²) in [6.45, 7) is 6.20. The summed E-state index contributed by atoms with van der Waals surface area (Å²) >= 11 is 0. The van der Waals surface area contributed by atoms with Crippen LogP contribution in [-0.4, -0.2) is 161 Å². The van der Waals surface area contributed by atoms with E-state index in [0.29, 0.717) is 99.7 Å². The van der Waals surface area contributed by atoms with Crippen LogP contribution < -0.4 is 0 Å². The Kier molecular flexibility index (Phi) is 12.9. The molecule has 14 aliphatic rings. The van der Waals surface area contributed by atoms with E-state index in [1.807, 2.05) is 0 Å². The van der Waals surface area contributed by atoms with Crippen LogP contribution in [-0.2, 0) is 56.8 Å². The predicted octanol–water partition coefficient (Wildman–Crippen LogP) is 4.61. The second-order valence-electron chi connectivity index (χ2n) is 21.5. The van der Waals surface area contributed by atoms with Gasteiger partial charge in [-0.25, -0.2) is 0 Å².